The van der Waals surface area contributed by atoms with Gasteiger partial charge in [0, 0.05) is 10.9 Å². The van der Waals surface area contributed by atoms with E-state index in [0.717, 1.165) is 23.4 Å². The first-order valence-corrected chi connectivity index (χ1v) is 8.08. The van der Waals surface area contributed by atoms with Crippen LogP contribution in [0.4, 0.5) is 5.00 Å². The lowest BCUT2D eigenvalue weighted by Gasteiger charge is -2.15. The molecule has 2 rings (SSSR count). The van der Waals surface area contributed by atoms with Crippen LogP contribution in [0.3, 0.4) is 0 Å². The SMILES string of the molecule is CCOC(=O)c1c(NC(=O)C2CCNC2C)sc(C)c1C. The number of ether oxygens (including phenoxy) is 1. The van der Waals surface area contributed by atoms with E-state index in [1.54, 1.807) is 6.92 Å². The standard InChI is InChI=1S/C15H22N2O3S/c1-5-20-15(19)12-8(2)10(4)21-14(12)17-13(18)11-6-7-16-9(11)3/h9,11,16H,5-7H2,1-4H3,(H,17,18). The maximum absolute atomic E-state index is 12.4. The van der Waals surface area contributed by atoms with Crippen LogP contribution in [0.25, 0.3) is 0 Å². The molecule has 1 aromatic heterocycles. The van der Waals surface area contributed by atoms with E-state index in [1.165, 1.54) is 11.3 Å². The number of carbonyl (C=O) groups excluding carboxylic acids is 2. The molecule has 1 aliphatic rings. The molecule has 1 fully saturated rings. The zero-order valence-corrected chi connectivity index (χ0v) is 13.7. The van der Waals surface area contributed by atoms with Crippen LogP contribution in [0.1, 0.15) is 41.1 Å². The van der Waals surface area contributed by atoms with Gasteiger partial charge in [0.05, 0.1) is 18.1 Å². The molecule has 0 radical (unpaired) electrons. The summed E-state index contributed by atoms with van der Waals surface area (Å²) in [5.74, 6) is -0.450. The van der Waals surface area contributed by atoms with Crippen molar-refractivity contribution in [2.45, 2.75) is 40.2 Å². The van der Waals surface area contributed by atoms with E-state index in [2.05, 4.69) is 10.6 Å². The van der Waals surface area contributed by atoms with Crippen molar-refractivity contribution in [1.29, 1.82) is 0 Å². The Labute approximate surface area is 129 Å². The second-order valence-electron chi connectivity index (χ2n) is 5.34. The van der Waals surface area contributed by atoms with E-state index in [0.29, 0.717) is 17.2 Å². The number of rotatable bonds is 4. The number of carbonyl (C=O) groups is 2. The highest BCUT2D eigenvalue weighted by molar-refractivity contribution is 7.16. The van der Waals surface area contributed by atoms with Gasteiger partial charge in [-0.05, 0) is 46.2 Å². The van der Waals surface area contributed by atoms with E-state index in [4.69, 9.17) is 4.74 Å². The molecule has 1 saturated heterocycles. The monoisotopic (exact) mass is 310 g/mol. The number of aryl methyl sites for hydroxylation is 1. The molecular weight excluding hydrogens is 288 g/mol. The van der Waals surface area contributed by atoms with Crippen LogP contribution in [0.15, 0.2) is 0 Å². The van der Waals surface area contributed by atoms with Crippen molar-refractivity contribution < 1.29 is 14.3 Å². The predicted molar refractivity (Wildman–Crippen MR) is 84.0 cm³/mol. The lowest BCUT2D eigenvalue weighted by atomic mass is 10.0. The second kappa shape index (κ2) is 6.58. The van der Waals surface area contributed by atoms with Crippen LogP contribution in [0.2, 0.25) is 0 Å². The second-order valence-corrected chi connectivity index (χ2v) is 6.56. The minimum absolute atomic E-state index is 0.0284. The number of amides is 1. The van der Waals surface area contributed by atoms with Gasteiger partial charge in [0.1, 0.15) is 5.00 Å². The smallest absolute Gasteiger partial charge is 0.341 e. The number of esters is 1. The first-order chi connectivity index (χ1) is 9.95. The van der Waals surface area contributed by atoms with Crippen LogP contribution in [-0.4, -0.2) is 31.1 Å². The summed E-state index contributed by atoms with van der Waals surface area (Å²) in [6, 6.07) is 0.165. The van der Waals surface area contributed by atoms with Crippen molar-refractivity contribution in [2.75, 3.05) is 18.5 Å². The molecule has 0 aliphatic carbocycles. The van der Waals surface area contributed by atoms with Gasteiger partial charge in [-0.15, -0.1) is 11.3 Å². The molecule has 116 valence electrons. The molecule has 0 aromatic carbocycles. The van der Waals surface area contributed by atoms with Gasteiger partial charge < -0.3 is 15.4 Å². The molecule has 1 aliphatic heterocycles. The van der Waals surface area contributed by atoms with Crippen molar-refractivity contribution in [3.63, 3.8) is 0 Å². The Morgan fingerprint density at radius 3 is 2.71 bits per heavy atom. The van der Waals surface area contributed by atoms with Crippen LogP contribution < -0.4 is 10.6 Å². The van der Waals surface area contributed by atoms with Gasteiger partial charge in [-0.1, -0.05) is 0 Å². The van der Waals surface area contributed by atoms with Crippen molar-refractivity contribution in [3.8, 4) is 0 Å². The van der Waals surface area contributed by atoms with Crippen LogP contribution in [-0.2, 0) is 9.53 Å². The first-order valence-electron chi connectivity index (χ1n) is 7.27. The Hall–Kier alpha value is -1.40. The summed E-state index contributed by atoms with van der Waals surface area (Å²) in [4.78, 5) is 25.5. The molecule has 0 saturated carbocycles. The molecule has 2 atom stereocenters. The van der Waals surface area contributed by atoms with Gasteiger partial charge >= 0.3 is 5.97 Å². The Balaban J connectivity index is 2.21. The summed E-state index contributed by atoms with van der Waals surface area (Å²) in [7, 11) is 0. The number of hydrogen-bond acceptors (Lipinski definition) is 5. The molecule has 0 bridgehead atoms. The number of nitrogens with one attached hydrogen (secondary N) is 2. The van der Waals surface area contributed by atoms with Gasteiger partial charge in [-0.25, -0.2) is 4.79 Å². The van der Waals surface area contributed by atoms with Gasteiger partial charge in [0.25, 0.3) is 0 Å². The zero-order valence-electron chi connectivity index (χ0n) is 12.9. The Kier molecular flexibility index (Phi) is 5.00. The lowest BCUT2D eigenvalue weighted by molar-refractivity contribution is -0.119. The predicted octanol–water partition coefficient (Wildman–Crippen LogP) is 2.48. The van der Waals surface area contributed by atoms with E-state index in [1.807, 2.05) is 20.8 Å². The summed E-state index contributed by atoms with van der Waals surface area (Å²) in [6.07, 6.45) is 0.824. The third kappa shape index (κ3) is 3.27. The minimum Gasteiger partial charge on any atom is -0.462 e. The molecule has 2 unspecified atom stereocenters. The third-order valence-corrected chi connectivity index (χ3v) is 5.09. The zero-order chi connectivity index (χ0) is 15.6. The number of anilines is 1. The highest BCUT2D eigenvalue weighted by Crippen LogP contribution is 2.33. The highest BCUT2D eigenvalue weighted by atomic mass is 32.1. The fourth-order valence-electron chi connectivity index (χ4n) is 2.59. The fraction of sp³-hybridized carbons (Fsp3) is 0.600. The Morgan fingerprint density at radius 1 is 1.43 bits per heavy atom. The Morgan fingerprint density at radius 2 is 2.14 bits per heavy atom. The molecule has 5 nitrogen and oxygen atoms in total. The normalized spacial score (nSPS) is 21.3. The summed E-state index contributed by atoms with van der Waals surface area (Å²) < 4.78 is 5.10. The minimum atomic E-state index is -0.368. The molecular formula is C15H22N2O3S. The topological polar surface area (TPSA) is 67.4 Å². The van der Waals surface area contributed by atoms with E-state index < -0.39 is 0 Å². The number of thiophene rings is 1. The van der Waals surface area contributed by atoms with Gasteiger partial charge in [0.15, 0.2) is 0 Å². The molecule has 6 heteroatoms. The maximum atomic E-state index is 12.4. The van der Waals surface area contributed by atoms with Crippen LogP contribution in [0, 0.1) is 19.8 Å². The molecule has 2 heterocycles. The third-order valence-electron chi connectivity index (χ3n) is 3.96. The van der Waals surface area contributed by atoms with Crippen LogP contribution in [0.5, 0.6) is 0 Å². The van der Waals surface area contributed by atoms with Crippen LogP contribution >= 0.6 is 11.3 Å². The average Bonchev–Trinajstić information content (AvgIpc) is 2.95. The van der Waals surface area contributed by atoms with Crippen molar-refractivity contribution >= 4 is 28.2 Å². The molecule has 21 heavy (non-hydrogen) atoms. The largest absolute Gasteiger partial charge is 0.462 e. The number of hydrogen-bond donors (Lipinski definition) is 2. The van der Waals surface area contributed by atoms with E-state index >= 15 is 0 Å². The lowest BCUT2D eigenvalue weighted by Crippen LogP contribution is -2.32. The average molecular weight is 310 g/mol. The van der Waals surface area contributed by atoms with Gasteiger partial charge in [-0.2, -0.15) is 0 Å². The van der Waals surface area contributed by atoms with Gasteiger partial charge in [-0.3, -0.25) is 4.79 Å². The van der Waals surface area contributed by atoms with Crippen molar-refractivity contribution in [1.82, 2.24) is 5.32 Å². The summed E-state index contributed by atoms with van der Waals surface area (Å²) >= 11 is 1.43. The summed E-state index contributed by atoms with van der Waals surface area (Å²) in [6.45, 7) is 8.78. The van der Waals surface area contributed by atoms with Crippen molar-refractivity contribution in [3.05, 3.63) is 16.0 Å². The molecule has 1 aromatic rings. The first kappa shape index (κ1) is 16.0. The molecule has 2 N–H and O–H groups in total. The maximum Gasteiger partial charge on any atom is 0.341 e. The summed E-state index contributed by atoms with van der Waals surface area (Å²) in [5, 5.41) is 6.79. The van der Waals surface area contributed by atoms with E-state index in [-0.39, 0.29) is 23.8 Å². The molecule has 1 amide bonds. The van der Waals surface area contributed by atoms with Gasteiger partial charge in [0.2, 0.25) is 5.91 Å². The fourth-order valence-corrected chi connectivity index (χ4v) is 3.64. The van der Waals surface area contributed by atoms with E-state index in [9.17, 15) is 9.59 Å². The Bertz CT molecular complexity index is 553. The highest BCUT2D eigenvalue weighted by Gasteiger charge is 2.31. The van der Waals surface area contributed by atoms with Crippen molar-refractivity contribution in [2.24, 2.45) is 5.92 Å². The quantitative estimate of drug-likeness (QED) is 0.838. The summed E-state index contributed by atoms with van der Waals surface area (Å²) in [5.41, 5.74) is 1.37. The molecule has 0 spiro atoms.